The maximum absolute atomic E-state index is 4.21. The summed E-state index contributed by atoms with van der Waals surface area (Å²) in [6.07, 6.45) is 6.43. The second kappa shape index (κ2) is 12.7. The van der Waals surface area contributed by atoms with Gasteiger partial charge >= 0.3 is 0 Å². The monoisotopic (exact) mass is 396 g/mol. The standard InChI is InChI=1S/C15H32N4.HI/c1-4-9-17-15(16-3)18-10-5-6-11-19-12-7-8-14(2)13-19;/h14H,4-13H2,1-3H3,(H2,16,17,18);1H. The van der Waals surface area contributed by atoms with Crippen LogP contribution in [0.3, 0.4) is 0 Å². The third-order valence-corrected chi connectivity index (χ3v) is 3.70. The summed E-state index contributed by atoms with van der Waals surface area (Å²) in [5.74, 6) is 1.83. The Hall–Kier alpha value is -0.0400. The van der Waals surface area contributed by atoms with Crippen LogP contribution in [0.15, 0.2) is 4.99 Å². The first kappa shape index (κ1) is 20.0. The van der Waals surface area contributed by atoms with Gasteiger partial charge in [-0.15, -0.1) is 24.0 Å². The van der Waals surface area contributed by atoms with Crippen molar-refractivity contribution in [3.63, 3.8) is 0 Å². The second-order valence-corrected chi connectivity index (χ2v) is 5.68. The molecule has 1 atom stereocenters. The number of halogens is 1. The fraction of sp³-hybridized carbons (Fsp3) is 0.933. The Morgan fingerprint density at radius 1 is 1.25 bits per heavy atom. The van der Waals surface area contributed by atoms with E-state index in [1.54, 1.807) is 0 Å². The van der Waals surface area contributed by atoms with Gasteiger partial charge in [0.15, 0.2) is 5.96 Å². The molecule has 0 aromatic rings. The van der Waals surface area contributed by atoms with Gasteiger partial charge in [0.1, 0.15) is 0 Å². The van der Waals surface area contributed by atoms with Crippen LogP contribution in [-0.2, 0) is 0 Å². The minimum Gasteiger partial charge on any atom is -0.356 e. The van der Waals surface area contributed by atoms with Crippen LogP contribution in [0.25, 0.3) is 0 Å². The fourth-order valence-electron chi connectivity index (χ4n) is 2.62. The molecule has 0 spiro atoms. The van der Waals surface area contributed by atoms with Crippen molar-refractivity contribution in [2.45, 2.75) is 46.0 Å². The summed E-state index contributed by atoms with van der Waals surface area (Å²) in [4.78, 5) is 6.83. The van der Waals surface area contributed by atoms with E-state index in [4.69, 9.17) is 0 Å². The van der Waals surface area contributed by atoms with Crippen LogP contribution in [0, 0.1) is 5.92 Å². The SMILES string of the molecule is CCCNC(=NC)NCCCCN1CCCC(C)C1.I. The van der Waals surface area contributed by atoms with Crippen molar-refractivity contribution in [3.05, 3.63) is 0 Å². The van der Waals surface area contributed by atoms with Crippen molar-refractivity contribution >= 4 is 29.9 Å². The van der Waals surface area contributed by atoms with Crippen molar-refractivity contribution in [3.8, 4) is 0 Å². The van der Waals surface area contributed by atoms with Gasteiger partial charge in [-0.3, -0.25) is 4.99 Å². The lowest BCUT2D eigenvalue weighted by Crippen LogP contribution is -2.38. The highest BCUT2D eigenvalue weighted by molar-refractivity contribution is 14.0. The largest absolute Gasteiger partial charge is 0.356 e. The van der Waals surface area contributed by atoms with E-state index in [1.165, 1.54) is 45.3 Å². The zero-order chi connectivity index (χ0) is 13.9. The van der Waals surface area contributed by atoms with Crippen LogP contribution >= 0.6 is 24.0 Å². The zero-order valence-electron chi connectivity index (χ0n) is 13.5. The maximum atomic E-state index is 4.21. The molecule has 20 heavy (non-hydrogen) atoms. The summed E-state index contributed by atoms with van der Waals surface area (Å²) < 4.78 is 0. The highest BCUT2D eigenvalue weighted by atomic mass is 127. The molecule has 120 valence electrons. The van der Waals surface area contributed by atoms with E-state index >= 15 is 0 Å². The van der Waals surface area contributed by atoms with Crippen molar-refractivity contribution < 1.29 is 0 Å². The maximum Gasteiger partial charge on any atom is 0.190 e. The molecular formula is C15H33IN4. The molecule has 0 aromatic carbocycles. The van der Waals surface area contributed by atoms with E-state index in [0.29, 0.717) is 0 Å². The van der Waals surface area contributed by atoms with Crippen LogP contribution in [0.4, 0.5) is 0 Å². The molecule has 1 unspecified atom stereocenters. The van der Waals surface area contributed by atoms with Crippen LogP contribution < -0.4 is 10.6 Å². The first-order valence-electron chi connectivity index (χ1n) is 7.93. The molecule has 0 amide bonds. The normalized spacial score (nSPS) is 20.4. The lowest BCUT2D eigenvalue weighted by molar-refractivity contribution is 0.181. The van der Waals surface area contributed by atoms with E-state index < -0.39 is 0 Å². The molecule has 2 N–H and O–H groups in total. The summed E-state index contributed by atoms with van der Waals surface area (Å²) in [5, 5.41) is 6.66. The number of aliphatic imine (C=N–C) groups is 1. The Morgan fingerprint density at radius 3 is 2.65 bits per heavy atom. The van der Waals surface area contributed by atoms with E-state index in [1.807, 2.05) is 7.05 Å². The summed E-state index contributed by atoms with van der Waals surface area (Å²) >= 11 is 0. The molecule has 0 aromatic heterocycles. The first-order chi connectivity index (χ1) is 9.26. The van der Waals surface area contributed by atoms with Gasteiger partial charge in [-0.25, -0.2) is 0 Å². The molecule has 1 aliphatic rings. The number of piperidine rings is 1. The van der Waals surface area contributed by atoms with Gasteiger partial charge in [-0.1, -0.05) is 13.8 Å². The topological polar surface area (TPSA) is 39.7 Å². The summed E-state index contributed by atoms with van der Waals surface area (Å²) in [7, 11) is 1.83. The minimum absolute atomic E-state index is 0. The zero-order valence-corrected chi connectivity index (χ0v) is 15.8. The third kappa shape index (κ3) is 9.00. The Labute approximate surface area is 142 Å². The number of hydrogen-bond donors (Lipinski definition) is 2. The van der Waals surface area contributed by atoms with E-state index in [2.05, 4.69) is 34.4 Å². The Bertz CT molecular complexity index is 258. The van der Waals surface area contributed by atoms with Crippen LogP contribution in [0.5, 0.6) is 0 Å². The quantitative estimate of drug-likeness (QED) is 0.301. The Balaban J connectivity index is 0.00000361. The van der Waals surface area contributed by atoms with Crippen molar-refractivity contribution in [1.82, 2.24) is 15.5 Å². The van der Waals surface area contributed by atoms with E-state index in [9.17, 15) is 0 Å². The number of hydrogen-bond acceptors (Lipinski definition) is 2. The third-order valence-electron chi connectivity index (χ3n) is 3.70. The van der Waals surface area contributed by atoms with Crippen LogP contribution in [0.1, 0.15) is 46.0 Å². The number of likely N-dealkylation sites (tertiary alicyclic amines) is 1. The predicted octanol–water partition coefficient (Wildman–Crippen LogP) is 2.69. The molecule has 4 nitrogen and oxygen atoms in total. The van der Waals surface area contributed by atoms with E-state index in [-0.39, 0.29) is 24.0 Å². The second-order valence-electron chi connectivity index (χ2n) is 5.68. The summed E-state index contributed by atoms with van der Waals surface area (Å²) in [6.45, 7) is 10.4. The molecule has 1 fully saturated rings. The molecule has 0 saturated carbocycles. The number of nitrogens with zero attached hydrogens (tertiary/aromatic N) is 2. The fourth-order valence-corrected chi connectivity index (χ4v) is 2.62. The van der Waals surface area contributed by atoms with Crippen molar-refractivity contribution in [2.24, 2.45) is 10.9 Å². The molecule has 1 aliphatic heterocycles. The van der Waals surface area contributed by atoms with Crippen molar-refractivity contribution in [2.75, 3.05) is 39.8 Å². The Kier molecular flexibility index (Phi) is 12.7. The minimum atomic E-state index is 0. The predicted molar refractivity (Wildman–Crippen MR) is 99.1 cm³/mol. The summed E-state index contributed by atoms with van der Waals surface area (Å²) in [6, 6.07) is 0. The molecule has 1 heterocycles. The Morgan fingerprint density at radius 2 is 2.00 bits per heavy atom. The number of nitrogens with one attached hydrogen (secondary N) is 2. The number of guanidine groups is 1. The molecule has 1 saturated heterocycles. The highest BCUT2D eigenvalue weighted by Crippen LogP contribution is 2.15. The van der Waals surface area contributed by atoms with E-state index in [0.717, 1.165) is 31.4 Å². The number of rotatable bonds is 7. The lowest BCUT2D eigenvalue weighted by Gasteiger charge is -2.30. The molecule has 5 heteroatoms. The van der Waals surface area contributed by atoms with Gasteiger partial charge in [0.2, 0.25) is 0 Å². The molecule has 0 aliphatic carbocycles. The van der Waals surface area contributed by atoms with Gasteiger partial charge in [0, 0.05) is 26.7 Å². The van der Waals surface area contributed by atoms with Crippen LogP contribution in [0.2, 0.25) is 0 Å². The molecule has 0 bridgehead atoms. The van der Waals surface area contributed by atoms with Crippen LogP contribution in [-0.4, -0.2) is 50.6 Å². The van der Waals surface area contributed by atoms with Gasteiger partial charge in [0.05, 0.1) is 0 Å². The molecule has 0 radical (unpaired) electrons. The first-order valence-corrected chi connectivity index (χ1v) is 7.93. The molecular weight excluding hydrogens is 363 g/mol. The average Bonchev–Trinajstić information content (AvgIpc) is 2.42. The van der Waals surface area contributed by atoms with Gasteiger partial charge in [-0.2, -0.15) is 0 Å². The number of unbranched alkanes of at least 4 members (excludes halogenated alkanes) is 1. The molecule has 1 rings (SSSR count). The van der Waals surface area contributed by atoms with Gasteiger partial charge < -0.3 is 15.5 Å². The van der Waals surface area contributed by atoms with Gasteiger partial charge in [0.25, 0.3) is 0 Å². The smallest absolute Gasteiger partial charge is 0.190 e. The highest BCUT2D eigenvalue weighted by Gasteiger charge is 2.15. The average molecular weight is 396 g/mol. The van der Waals surface area contributed by atoms with Gasteiger partial charge in [-0.05, 0) is 51.1 Å². The summed E-state index contributed by atoms with van der Waals surface area (Å²) in [5.41, 5.74) is 0. The lowest BCUT2D eigenvalue weighted by atomic mass is 10.0. The van der Waals surface area contributed by atoms with Crippen molar-refractivity contribution in [1.29, 1.82) is 0 Å².